The fraction of sp³-hybridized carbons (Fsp3) is 0.174. The lowest BCUT2D eigenvalue weighted by Gasteiger charge is -2.19. The number of fused-ring (bicyclic) bond motifs is 2. The summed E-state index contributed by atoms with van der Waals surface area (Å²) in [6.45, 7) is 1.90. The maximum absolute atomic E-state index is 12.8. The Balaban J connectivity index is 1.52. The maximum Gasteiger partial charge on any atom is 0.229 e. The van der Waals surface area contributed by atoms with E-state index in [1.807, 2.05) is 54.1 Å². The zero-order valence-corrected chi connectivity index (χ0v) is 15.6. The third-order valence-electron chi connectivity index (χ3n) is 5.28. The van der Waals surface area contributed by atoms with Gasteiger partial charge in [0, 0.05) is 6.42 Å². The van der Waals surface area contributed by atoms with E-state index in [2.05, 4.69) is 39.4 Å². The number of allylic oxidation sites excluding steroid dienone is 1. The lowest BCUT2D eigenvalue weighted by Crippen LogP contribution is -2.20. The normalized spacial score (nSPS) is 16.8. The molecule has 1 N–H and O–H groups in total. The molecule has 0 bridgehead atoms. The molecule has 0 fully saturated rings. The predicted molar refractivity (Wildman–Crippen MR) is 110 cm³/mol. The van der Waals surface area contributed by atoms with E-state index in [-0.39, 0.29) is 11.7 Å². The molecule has 5 nitrogen and oxygen atoms in total. The van der Waals surface area contributed by atoms with Crippen molar-refractivity contribution in [2.24, 2.45) is 5.92 Å². The fourth-order valence-electron chi connectivity index (χ4n) is 3.95. The molecule has 0 saturated carbocycles. The Morgan fingerprint density at radius 3 is 2.68 bits per heavy atom. The molecule has 28 heavy (non-hydrogen) atoms. The van der Waals surface area contributed by atoms with Crippen molar-refractivity contribution in [3.63, 3.8) is 0 Å². The second-order valence-electron chi connectivity index (χ2n) is 7.26. The summed E-state index contributed by atoms with van der Waals surface area (Å²) >= 11 is 0. The van der Waals surface area contributed by atoms with Crippen LogP contribution in [0.3, 0.4) is 0 Å². The number of benzene rings is 2. The molecule has 4 aromatic rings. The van der Waals surface area contributed by atoms with Gasteiger partial charge in [0.2, 0.25) is 5.95 Å². The standard InChI is InChI=1S/C23H20N4O/c1-15-22-20(27(26-15)23-24-18-9-5-6-10-19(18)25-23)13-17(14-21(22)28)12-11-16-7-3-2-4-8-16/h2-12,17H,13-14H2,1H3,(H,24,25)/b12-11+/t17-/m0/s1. The minimum atomic E-state index is 0.152. The minimum absolute atomic E-state index is 0.152. The number of carbonyl (C=O) groups excluding carboxylic acids is 1. The zero-order valence-electron chi connectivity index (χ0n) is 15.6. The number of aromatic nitrogens is 4. The van der Waals surface area contributed by atoms with E-state index in [1.165, 1.54) is 0 Å². The number of ketones is 1. The molecule has 0 radical (unpaired) electrons. The number of Topliss-reactive ketones (excluding diaryl/α,β-unsaturated/α-hetero) is 1. The number of aryl methyl sites for hydroxylation is 1. The van der Waals surface area contributed by atoms with Crippen molar-refractivity contribution in [1.29, 1.82) is 0 Å². The van der Waals surface area contributed by atoms with Crippen LogP contribution in [-0.4, -0.2) is 25.5 Å². The molecular weight excluding hydrogens is 348 g/mol. The molecule has 0 spiro atoms. The number of hydrogen-bond donors (Lipinski definition) is 1. The Kier molecular flexibility index (Phi) is 3.93. The molecule has 1 atom stereocenters. The van der Waals surface area contributed by atoms with Crippen molar-refractivity contribution in [3.05, 3.63) is 83.2 Å². The van der Waals surface area contributed by atoms with Crippen molar-refractivity contribution in [3.8, 4) is 5.95 Å². The molecule has 5 rings (SSSR count). The number of H-pyrrole nitrogens is 1. The van der Waals surface area contributed by atoms with E-state index in [0.29, 0.717) is 12.4 Å². The van der Waals surface area contributed by atoms with Crippen LogP contribution in [-0.2, 0) is 6.42 Å². The SMILES string of the molecule is Cc1nn(-c2nc3ccccc3[nH]2)c2c1C(=O)C[C@@H](/C=C/c1ccccc1)C2. The first-order valence-corrected chi connectivity index (χ1v) is 9.49. The first kappa shape index (κ1) is 16.7. The van der Waals surface area contributed by atoms with Crippen LogP contribution in [0.5, 0.6) is 0 Å². The summed E-state index contributed by atoms with van der Waals surface area (Å²) < 4.78 is 1.81. The van der Waals surface area contributed by atoms with Crippen LogP contribution in [0.1, 0.15) is 33.7 Å². The van der Waals surface area contributed by atoms with E-state index in [1.54, 1.807) is 0 Å². The topological polar surface area (TPSA) is 63.6 Å². The van der Waals surface area contributed by atoms with Crippen LogP contribution in [0.4, 0.5) is 0 Å². The van der Waals surface area contributed by atoms with Crippen LogP contribution < -0.4 is 0 Å². The number of rotatable bonds is 3. The van der Waals surface area contributed by atoms with Gasteiger partial charge in [-0.1, -0.05) is 54.6 Å². The highest BCUT2D eigenvalue weighted by atomic mass is 16.1. The Morgan fingerprint density at radius 2 is 1.86 bits per heavy atom. The molecule has 2 aromatic carbocycles. The van der Waals surface area contributed by atoms with Gasteiger partial charge >= 0.3 is 0 Å². The quantitative estimate of drug-likeness (QED) is 0.578. The van der Waals surface area contributed by atoms with Crippen LogP contribution in [0.25, 0.3) is 23.1 Å². The Bertz CT molecular complexity index is 1170. The summed E-state index contributed by atoms with van der Waals surface area (Å²) in [4.78, 5) is 20.8. The van der Waals surface area contributed by atoms with Gasteiger partial charge in [-0.25, -0.2) is 9.67 Å². The highest BCUT2D eigenvalue weighted by Crippen LogP contribution is 2.30. The van der Waals surface area contributed by atoms with Gasteiger partial charge in [-0.05, 0) is 37.0 Å². The van der Waals surface area contributed by atoms with Crippen molar-refractivity contribution in [2.45, 2.75) is 19.8 Å². The van der Waals surface area contributed by atoms with Gasteiger partial charge in [0.15, 0.2) is 5.78 Å². The Morgan fingerprint density at radius 1 is 1.07 bits per heavy atom. The Labute approximate surface area is 162 Å². The zero-order chi connectivity index (χ0) is 19.1. The smallest absolute Gasteiger partial charge is 0.229 e. The largest absolute Gasteiger partial charge is 0.322 e. The van der Waals surface area contributed by atoms with Gasteiger partial charge in [0.1, 0.15) is 0 Å². The minimum Gasteiger partial charge on any atom is -0.322 e. The van der Waals surface area contributed by atoms with E-state index in [0.717, 1.165) is 40.0 Å². The first-order valence-electron chi connectivity index (χ1n) is 9.49. The Hall–Kier alpha value is -3.47. The molecule has 0 aliphatic heterocycles. The van der Waals surface area contributed by atoms with E-state index in [4.69, 9.17) is 0 Å². The van der Waals surface area contributed by atoms with E-state index >= 15 is 0 Å². The molecule has 1 aliphatic carbocycles. The molecule has 0 amide bonds. The summed E-state index contributed by atoms with van der Waals surface area (Å²) in [6.07, 6.45) is 5.52. The lowest BCUT2D eigenvalue weighted by atomic mass is 9.85. The summed E-state index contributed by atoms with van der Waals surface area (Å²) in [6, 6.07) is 18.1. The molecule has 0 unspecified atom stereocenters. The van der Waals surface area contributed by atoms with Gasteiger partial charge < -0.3 is 4.98 Å². The highest BCUT2D eigenvalue weighted by molar-refractivity contribution is 5.99. The number of para-hydroxylation sites is 2. The predicted octanol–water partition coefficient (Wildman–Crippen LogP) is 4.52. The van der Waals surface area contributed by atoms with Crippen LogP contribution in [0, 0.1) is 12.8 Å². The number of carbonyl (C=O) groups is 1. The summed E-state index contributed by atoms with van der Waals surface area (Å²) in [5.41, 5.74) is 5.46. The monoisotopic (exact) mass is 368 g/mol. The highest BCUT2D eigenvalue weighted by Gasteiger charge is 2.31. The van der Waals surface area contributed by atoms with Crippen LogP contribution in [0.2, 0.25) is 0 Å². The second kappa shape index (κ2) is 6.60. The number of imidazole rings is 1. The third kappa shape index (κ3) is 2.85. The summed E-state index contributed by atoms with van der Waals surface area (Å²) in [7, 11) is 0. The van der Waals surface area contributed by atoms with E-state index in [9.17, 15) is 4.79 Å². The molecular formula is C23H20N4O. The molecule has 138 valence electrons. The van der Waals surface area contributed by atoms with Crippen molar-refractivity contribution >= 4 is 22.9 Å². The van der Waals surface area contributed by atoms with Crippen LogP contribution in [0.15, 0.2) is 60.7 Å². The molecule has 5 heteroatoms. The number of nitrogens with zero attached hydrogens (tertiary/aromatic N) is 3. The average Bonchev–Trinajstić information content (AvgIpc) is 3.28. The number of aromatic amines is 1. The van der Waals surface area contributed by atoms with Gasteiger partial charge in [-0.3, -0.25) is 4.79 Å². The number of hydrogen-bond acceptors (Lipinski definition) is 3. The molecule has 2 aromatic heterocycles. The molecule has 1 aliphatic rings. The van der Waals surface area contributed by atoms with Crippen molar-refractivity contribution < 1.29 is 4.79 Å². The fourth-order valence-corrected chi connectivity index (χ4v) is 3.95. The van der Waals surface area contributed by atoms with Crippen molar-refractivity contribution in [1.82, 2.24) is 19.7 Å². The molecule has 0 saturated heterocycles. The molecule has 2 heterocycles. The van der Waals surface area contributed by atoms with Crippen LogP contribution >= 0.6 is 0 Å². The second-order valence-corrected chi connectivity index (χ2v) is 7.26. The average molecular weight is 368 g/mol. The van der Waals surface area contributed by atoms with E-state index < -0.39 is 0 Å². The lowest BCUT2D eigenvalue weighted by molar-refractivity contribution is 0.0958. The van der Waals surface area contributed by atoms with Gasteiger partial charge in [-0.15, -0.1) is 0 Å². The van der Waals surface area contributed by atoms with Gasteiger partial charge in [0.05, 0.1) is 28.0 Å². The van der Waals surface area contributed by atoms with Gasteiger partial charge in [-0.2, -0.15) is 5.10 Å². The van der Waals surface area contributed by atoms with Gasteiger partial charge in [0.25, 0.3) is 0 Å². The first-order chi connectivity index (χ1) is 13.7. The third-order valence-corrected chi connectivity index (χ3v) is 5.28. The summed E-state index contributed by atoms with van der Waals surface area (Å²) in [5.74, 6) is 0.967. The maximum atomic E-state index is 12.8. The summed E-state index contributed by atoms with van der Waals surface area (Å²) in [5, 5.41) is 4.64. The number of nitrogens with one attached hydrogen (secondary N) is 1. The van der Waals surface area contributed by atoms with Crippen molar-refractivity contribution in [2.75, 3.05) is 0 Å².